The van der Waals surface area contributed by atoms with Crippen LogP contribution in [-0.2, 0) is 17.6 Å². The summed E-state index contributed by atoms with van der Waals surface area (Å²) in [4.78, 5) is 22.8. The van der Waals surface area contributed by atoms with E-state index in [0.29, 0.717) is 18.9 Å². The van der Waals surface area contributed by atoms with E-state index >= 15 is 0 Å². The van der Waals surface area contributed by atoms with Gasteiger partial charge in [-0.2, -0.15) is 10.2 Å². The molecule has 130 valence electrons. The molecule has 0 spiro atoms. The van der Waals surface area contributed by atoms with Crippen LogP contribution in [0.4, 0.5) is 5.82 Å². The van der Waals surface area contributed by atoms with Crippen molar-refractivity contribution in [2.45, 2.75) is 40.0 Å². The molecule has 0 atom stereocenters. The second-order valence-corrected chi connectivity index (χ2v) is 7.68. The van der Waals surface area contributed by atoms with Gasteiger partial charge in [0.15, 0.2) is 5.82 Å². The number of hydrazine groups is 1. The topological polar surface area (TPSA) is 85.2 Å². The highest BCUT2D eigenvalue weighted by Crippen LogP contribution is 2.29. The van der Waals surface area contributed by atoms with Gasteiger partial charge in [-0.3, -0.25) is 15.2 Å². The van der Waals surface area contributed by atoms with Gasteiger partial charge >= 0.3 is 0 Å². The number of nitriles is 1. The predicted octanol–water partition coefficient (Wildman–Crippen LogP) is 1.28. The van der Waals surface area contributed by atoms with E-state index < -0.39 is 0 Å². The van der Waals surface area contributed by atoms with E-state index in [2.05, 4.69) is 36.2 Å². The number of nitrogens with one attached hydrogen (secondary N) is 1. The first kappa shape index (κ1) is 18.1. The molecule has 1 aliphatic carbocycles. The van der Waals surface area contributed by atoms with E-state index in [0.717, 1.165) is 30.5 Å². The summed E-state index contributed by atoms with van der Waals surface area (Å²) < 4.78 is 0. The molecule has 0 radical (unpaired) electrons. The fourth-order valence-electron chi connectivity index (χ4n) is 2.80. The molecule has 0 aliphatic heterocycles. The van der Waals surface area contributed by atoms with Gasteiger partial charge in [-0.15, -0.1) is 0 Å². The van der Waals surface area contributed by atoms with E-state index in [1.165, 1.54) is 0 Å². The number of hydrogen-bond donors (Lipinski definition) is 1. The van der Waals surface area contributed by atoms with E-state index in [1.54, 1.807) is 5.01 Å². The molecule has 1 aromatic rings. The van der Waals surface area contributed by atoms with Crippen LogP contribution in [-0.4, -0.2) is 48.0 Å². The van der Waals surface area contributed by atoms with Crippen molar-refractivity contribution in [1.82, 2.24) is 20.3 Å². The Morgan fingerprint density at radius 1 is 1.29 bits per heavy atom. The highest BCUT2D eigenvalue weighted by Gasteiger charge is 2.27. The smallest absolute Gasteiger partial charge is 0.252 e. The Morgan fingerprint density at radius 3 is 2.58 bits per heavy atom. The number of hydrogen-bond acceptors (Lipinski definition) is 6. The molecule has 7 nitrogen and oxygen atoms in total. The molecule has 1 heterocycles. The number of carbonyl (C=O) groups is 1. The van der Waals surface area contributed by atoms with Gasteiger partial charge in [0, 0.05) is 12.1 Å². The van der Waals surface area contributed by atoms with Crippen molar-refractivity contribution < 1.29 is 4.79 Å². The Labute approximate surface area is 143 Å². The summed E-state index contributed by atoms with van der Waals surface area (Å²) >= 11 is 0. The predicted molar refractivity (Wildman–Crippen MR) is 92.3 cm³/mol. The van der Waals surface area contributed by atoms with Gasteiger partial charge in [0.2, 0.25) is 5.82 Å². The molecule has 0 saturated heterocycles. The highest BCUT2D eigenvalue weighted by molar-refractivity contribution is 5.79. The van der Waals surface area contributed by atoms with Gasteiger partial charge in [0.1, 0.15) is 6.07 Å². The van der Waals surface area contributed by atoms with Gasteiger partial charge in [-0.05, 0) is 38.8 Å². The molecule has 0 fully saturated rings. The summed E-state index contributed by atoms with van der Waals surface area (Å²) in [6.07, 6.45) is 2.73. The number of amides is 1. The van der Waals surface area contributed by atoms with Crippen molar-refractivity contribution in [2.24, 2.45) is 5.41 Å². The normalized spacial score (nSPS) is 13.5. The van der Waals surface area contributed by atoms with E-state index in [-0.39, 0.29) is 17.1 Å². The van der Waals surface area contributed by atoms with Gasteiger partial charge < -0.3 is 4.90 Å². The van der Waals surface area contributed by atoms with Crippen molar-refractivity contribution in [2.75, 3.05) is 32.2 Å². The van der Waals surface area contributed by atoms with Crippen LogP contribution >= 0.6 is 0 Å². The average Bonchev–Trinajstić information content (AvgIpc) is 2.91. The molecule has 24 heavy (non-hydrogen) atoms. The van der Waals surface area contributed by atoms with Crippen molar-refractivity contribution >= 4 is 11.7 Å². The zero-order chi connectivity index (χ0) is 17.9. The maximum atomic E-state index is 12.3. The summed E-state index contributed by atoms with van der Waals surface area (Å²) in [5, 5.41) is 11.0. The minimum Gasteiger partial charge on any atom is -0.301 e. The summed E-state index contributed by atoms with van der Waals surface area (Å²) in [6, 6.07) is 2.03. The van der Waals surface area contributed by atoms with Crippen LogP contribution in [0, 0.1) is 16.7 Å². The number of likely N-dealkylation sites (N-methyl/N-ethyl adjacent to an activating group) is 1. The number of carbonyl (C=O) groups excluding carboxylic acids is 1. The lowest BCUT2D eigenvalue weighted by Crippen LogP contribution is -2.50. The Kier molecular flexibility index (Phi) is 5.40. The van der Waals surface area contributed by atoms with Crippen molar-refractivity contribution in [3.63, 3.8) is 0 Å². The Balaban J connectivity index is 2.38. The first-order chi connectivity index (χ1) is 11.2. The molecule has 2 rings (SSSR count). The molecule has 0 bridgehead atoms. The third-order valence-electron chi connectivity index (χ3n) is 3.62. The molecule has 7 heteroatoms. The molecule has 1 aromatic heterocycles. The van der Waals surface area contributed by atoms with Gasteiger partial charge in [0.05, 0.1) is 12.2 Å². The third kappa shape index (κ3) is 4.65. The summed E-state index contributed by atoms with van der Waals surface area (Å²) in [5.74, 6) is 0.718. The van der Waals surface area contributed by atoms with Crippen LogP contribution in [0.2, 0.25) is 0 Å². The van der Waals surface area contributed by atoms with E-state index in [9.17, 15) is 10.1 Å². The minimum atomic E-state index is -0.104. The highest BCUT2D eigenvalue weighted by atomic mass is 16.2. The quantitative estimate of drug-likeness (QED) is 0.819. The van der Waals surface area contributed by atoms with E-state index in [4.69, 9.17) is 0 Å². The zero-order valence-electron chi connectivity index (χ0n) is 15.2. The van der Waals surface area contributed by atoms with Crippen LogP contribution in [0.1, 0.15) is 44.3 Å². The number of aryl methyl sites for hydroxylation is 1. The standard InChI is InChI=1S/C17H26N6O/c1-17(2,3)11-23(21-15(24)10-22(4)5)16-12-7-6-8-13(12)19-14(9-18)20-16/h6-8,10-11H2,1-5H3,(H,21,24). The first-order valence-electron chi connectivity index (χ1n) is 8.21. The molecular weight excluding hydrogens is 304 g/mol. The van der Waals surface area contributed by atoms with Crippen LogP contribution in [0.15, 0.2) is 0 Å². The fourth-order valence-corrected chi connectivity index (χ4v) is 2.80. The Morgan fingerprint density at radius 2 is 2.00 bits per heavy atom. The lowest BCUT2D eigenvalue weighted by atomic mass is 9.96. The van der Waals surface area contributed by atoms with Crippen LogP contribution < -0.4 is 10.4 Å². The van der Waals surface area contributed by atoms with Crippen LogP contribution in [0.3, 0.4) is 0 Å². The van der Waals surface area contributed by atoms with Crippen molar-refractivity contribution in [1.29, 1.82) is 5.26 Å². The Hall–Kier alpha value is -2.20. The van der Waals surface area contributed by atoms with Crippen molar-refractivity contribution in [3.8, 4) is 6.07 Å². The summed E-state index contributed by atoms with van der Waals surface area (Å²) in [6.45, 7) is 7.19. The Bertz CT molecular complexity index is 656. The second-order valence-electron chi connectivity index (χ2n) is 7.68. The third-order valence-corrected chi connectivity index (χ3v) is 3.62. The molecule has 1 amide bonds. The lowest BCUT2D eigenvalue weighted by Gasteiger charge is -2.32. The van der Waals surface area contributed by atoms with E-state index in [1.807, 2.05) is 25.1 Å². The van der Waals surface area contributed by atoms with Gasteiger partial charge in [-0.1, -0.05) is 20.8 Å². The minimum absolute atomic E-state index is 0.0470. The maximum absolute atomic E-state index is 12.3. The molecule has 1 aliphatic rings. The van der Waals surface area contributed by atoms with Crippen LogP contribution in [0.5, 0.6) is 0 Å². The fraction of sp³-hybridized carbons (Fsp3) is 0.647. The summed E-state index contributed by atoms with van der Waals surface area (Å²) in [7, 11) is 3.70. The average molecular weight is 330 g/mol. The molecular formula is C17H26N6O. The number of aromatic nitrogens is 2. The maximum Gasteiger partial charge on any atom is 0.252 e. The summed E-state index contributed by atoms with van der Waals surface area (Å²) in [5.41, 5.74) is 4.88. The SMILES string of the molecule is CN(C)CC(=O)NN(CC(C)(C)C)c1nc(C#N)nc2c1CCC2. The monoisotopic (exact) mass is 330 g/mol. The van der Waals surface area contributed by atoms with Crippen LogP contribution in [0.25, 0.3) is 0 Å². The zero-order valence-corrected chi connectivity index (χ0v) is 15.2. The number of rotatable bonds is 5. The van der Waals surface area contributed by atoms with Gasteiger partial charge in [0.25, 0.3) is 5.91 Å². The molecule has 0 aromatic carbocycles. The second kappa shape index (κ2) is 7.14. The molecule has 1 N–H and O–H groups in total. The molecule has 0 unspecified atom stereocenters. The van der Waals surface area contributed by atoms with Gasteiger partial charge in [-0.25, -0.2) is 4.98 Å². The first-order valence-corrected chi connectivity index (χ1v) is 8.21. The molecule has 0 saturated carbocycles. The largest absolute Gasteiger partial charge is 0.301 e. The lowest BCUT2D eigenvalue weighted by molar-refractivity contribution is -0.121. The number of fused-ring (bicyclic) bond motifs is 1. The number of nitrogens with zero attached hydrogens (tertiary/aromatic N) is 5. The number of anilines is 1. The van der Waals surface area contributed by atoms with Crippen molar-refractivity contribution in [3.05, 3.63) is 17.1 Å².